The van der Waals surface area contributed by atoms with Gasteiger partial charge in [0.15, 0.2) is 0 Å². The van der Waals surface area contributed by atoms with E-state index in [1.54, 1.807) is 12.1 Å². The first kappa shape index (κ1) is 14.7. The van der Waals surface area contributed by atoms with Crippen LogP contribution in [0.15, 0.2) is 12.1 Å². The Kier molecular flexibility index (Phi) is 5.30. The van der Waals surface area contributed by atoms with Crippen LogP contribution in [-0.4, -0.2) is 33.2 Å². The van der Waals surface area contributed by atoms with Gasteiger partial charge in [-0.15, -0.1) is 11.3 Å². The molecule has 1 aromatic rings. The largest absolute Gasteiger partial charge is 0.350 e. The molecule has 18 heavy (non-hydrogen) atoms. The Morgan fingerprint density at radius 3 is 2.78 bits per heavy atom. The van der Waals surface area contributed by atoms with Crippen LogP contribution in [-0.2, 0) is 10.0 Å². The van der Waals surface area contributed by atoms with E-state index in [1.165, 1.54) is 11.3 Å². The molecule has 1 heterocycles. The van der Waals surface area contributed by atoms with Crippen molar-refractivity contribution in [1.82, 2.24) is 5.32 Å². The number of hydrogen-bond donors (Lipinski definition) is 3. The zero-order chi connectivity index (χ0) is 13.6. The van der Waals surface area contributed by atoms with E-state index < -0.39 is 10.0 Å². The Morgan fingerprint density at radius 1 is 1.44 bits per heavy atom. The second kappa shape index (κ2) is 6.51. The van der Waals surface area contributed by atoms with Gasteiger partial charge in [0.05, 0.1) is 22.1 Å². The summed E-state index contributed by atoms with van der Waals surface area (Å²) in [6.07, 6.45) is 0. The highest BCUT2D eigenvalue weighted by atomic mass is 32.2. The number of nitrogens with two attached hydrogens (primary N) is 2. The average Bonchev–Trinajstić information content (AvgIpc) is 2.73. The summed E-state index contributed by atoms with van der Waals surface area (Å²) in [5.74, 6) is 4.86. The molecular formula is C10H13N3O3S2. The van der Waals surface area contributed by atoms with Gasteiger partial charge in [0, 0.05) is 6.54 Å². The van der Waals surface area contributed by atoms with Crippen LogP contribution in [0.25, 0.3) is 0 Å². The molecule has 0 unspecified atom stereocenters. The van der Waals surface area contributed by atoms with Crippen LogP contribution in [0.2, 0.25) is 0 Å². The number of carbonyl (C=O) groups is 1. The van der Waals surface area contributed by atoms with E-state index in [0.717, 1.165) is 4.88 Å². The van der Waals surface area contributed by atoms with Gasteiger partial charge in [0.25, 0.3) is 5.91 Å². The van der Waals surface area contributed by atoms with E-state index in [4.69, 9.17) is 10.9 Å². The van der Waals surface area contributed by atoms with Gasteiger partial charge < -0.3 is 11.1 Å². The van der Waals surface area contributed by atoms with Crippen molar-refractivity contribution in [3.05, 3.63) is 21.9 Å². The minimum Gasteiger partial charge on any atom is -0.350 e. The fraction of sp³-hybridized carbons (Fsp3) is 0.300. The summed E-state index contributed by atoms with van der Waals surface area (Å²) in [5.41, 5.74) is 5.23. The van der Waals surface area contributed by atoms with E-state index >= 15 is 0 Å². The molecule has 0 fully saturated rings. The predicted octanol–water partition coefficient (Wildman–Crippen LogP) is -0.923. The molecule has 0 saturated heterocycles. The summed E-state index contributed by atoms with van der Waals surface area (Å²) in [5, 5.41) is 7.28. The lowest BCUT2D eigenvalue weighted by molar-refractivity contribution is 0.0960. The number of amides is 1. The van der Waals surface area contributed by atoms with Gasteiger partial charge in [0.2, 0.25) is 10.0 Å². The monoisotopic (exact) mass is 287 g/mol. The molecule has 0 spiro atoms. The molecule has 0 aromatic carbocycles. The lowest BCUT2D eigenvalue weighted by atomic mass is 10.4. The maximum Gasteiger partial charge on any atom is 0.261 e. The van der Waals surface area contributed by atoms with Crippen molar-refractivity contribution < 1.29 is 13.2 Å². The summed E-state index contributed by atoms with van der Waals surface area (Å²) in [6, 6.07) is 3.33. The summed E-state index contributed by atoms with van der Waals surface area (Å²) < 4.78 is 21.3. The van der Waals surface area contributed by atoms with Crippen molar-refractivity contribution in [2.75, 3.05) is 18.8 Å². The second-order valence-electron chi connectivity index (χ2n) is 3.29. The molecule has 0 saturated carbocycles. The summed E-state index contributed by atoms with van der Waals surface area (Å²) in [6.45, 7) is 0.243. The van der Waals surface area contributed by atoms with Crippen LogP contribution < -0.4 is 16.2 Å². The van der Waals surface area contributed by atoms with Crippen molar-refractivity contribution in [1.29, 1.82) is 0 Å². The van der Waals surface area contributed by atoms with Crippen molar-refractivity contribution in [2.24, 2.45) is 10.9 Å². The second-order valence-corrected chi connectivity index (χ2v) is 6.11. The van der Waals surface area contributed by atoms with E-state index in [1.807, 2.05) is 0 Å². The third kappa shape index (κ3) is 5.29. The van der Waals surface area contributed by atoms with Crippen LogP contribution in [0, 0.1) is 11.8 Å². The predicted molar refractivity (Wildman–Crippen MR) is 70.6 cm³/mol. The van der Waals surface area contributed by atoms with E-state index in [-0.39, 0.29) is 24.7 Å². The smallest absolute Gasteiger partial charge is 0.261 e. The lowest BCUT2D eigenvalue weighted by Crippen LogP contribution is -2.31. The maximum atomic E-state index is 11.6. The number of nitrogens with one attached hydrogen (secondary N) is 1. The molecule has 0 aliphatic carbocycles. The van der Waals surface area contributed by atoms with Gasteiger partial charge in [0.1, 0.15) is 0 Å². The first-order chi connectivity index (χ1) is 8.42. The summed E-state index contributed by atoms with van der Waals surface area (Å²) in [4.78, 5) is 12.8. The molecule has 98 valence electrons. The van der Waals surface area contributed by atoms with Gasteiger partial charge >= 0.3 is 0 Å². The van der Waals surface area contributed by atoms with Gasteiger partial charge in [-0.2, -0.15) is 0 Å². The highest BCUT2D eigenvalue weighted by Crippen LogP contribution is 2.14. The molecule has 5 N–H and O–H groups in total. The van der Waals surface area contributed by atoms with E-state index in [2.05, 4.69) is 17.2 Å². The molecule has 6 nitrogen and oxygen atoms in total. The van der Waals surface area contributed by atoms with Crippen LogP contribution in [0.4, 0.5) is 0 Å². The molecule has 0 atom stereocenters. The molecule has 1 rings (SSSR count). The Hall–Kier alpha value is -1.40. The van der Waals surface area contributed by atoms with Crippen LogP contribution in [0.5, 0.6) is 0 Å². The fourth-order valence-electron chi connectivity index (χ4n) is 1.06. The Bertz CT molecular complexity index is 581. The van der Waals surface area contributed by atoms with E-state index in [9.17, 15) is 13.2 Å². The molecule has 1 amide bonds. The quantitative estimate of drug-likeness (QED) is 0.621. The normalized spacial score (nSPS) is 10.6. The Labute approximate surface area is 109 Å². The zero-order valence-corrected chi connectivity index (χ0v) is 11.1. The Balaban J connectivity index is 2.54. The van der Waals surface area contributed by atoms with E-state index in [0.29, 0.717) is 4.88 Å². The minimum absolute atomic E-state index is 0.0145. The van der Waals surface area contributed by atoms with Crippen molar-refractivity contribution >= 4 is 27.3 Å². The Morgan fingerprint density at radius 2 is 2.17 bits per heavy atom. The van der Waals surface area contributed by atoms with Crippen LogP contribution in [0.3, 0.4) is 0 Å². The molecule has 1 aromatic heterocycles. The molecular weight excluding hydrogens is 274 g/mol. The molecule has 0 aliphatic rings. The van der Waals surface area contributed by atoms with Crippen molar-refractivity contribution in [3.8, 4) is 11.8 Å². The number of primary sulfonamides is 1. The molecule has 8 heteroatoms. The number of thiophene rings is 1. The van der Waals surface area contributed by atoms with Crippen molar-refractivity contribution in [2.45, 2.75) is 0 Å². The van der Waals surface area contributed by atoms with Gasteiger partial charge in [-0.3, -0.25) is 4.79 Å². The van der Waals surface area contributed by atoms with Crippen LogP contribution >= 0.6 is 11.3 Å². The third-order valence-corrected chi connectivity index (χ3v) is 3.59. The van der Waals surface area contributed by atoms with Crippen LogP contribution in [0.1, 0.15) is 14.5 Å². The lowest BCUT2D eigenvalue weighted by Gasteiger charge is -2.01. The molecule has 0 aliphatic heterocycles. The number of hydrogen-bond acceptors (Lipinski definition) is 5. The average molecular weight is 287 g/mol. The first-order valence-electron chi connectivity index (χ1n) is 5.00. The number of sulfonamides is 1. The third-order valence-electron chi connectivity index (χ3n) is 1.82. The number of rotatable bonds is 4. The molecule has 0 bridgehead atoms. The maximum absolute atomic E-state index is 11.6. The first-order valence-corrected chi connectivity index (χ1v) is 7.53. The summed E-state index contributed by atoms with van der Waals surface area (Å²) in [7, 11) is -3.56. The highest BCUT2D eigenvalue weighted by Gasteiger charge is 2.09. The highest BCUT2D eigenvalue weighted by molar-refractivity contribution is 7.89. The van der Waals surface area contributed by atoms with Crippen molar-refractivity contribution in [3.63, 3.8) is 0 Å². The van der Waals surface area contributed by atoms with Gasteiger partial charge in [-0.05, 0) is 12.1 Å². The number of carbonyl (C=O) groups excluding carboxylic acids is 1. The SMILES string of the molecule is NCC#Cc1ccc(C(=O)NCCS(N)(=O)=O)s1. The summed E-state index contributed by atoms with van der Waals surface area (Å²) >= 11 is 1.22. The van der Waals surface area contributed by atoms with Gasteiger partial charge in [-0.25, -0.2) is 13.6 Å². The minimum atomic E-state index is -3.56. The fourth-order valence-corrected chi connectivity index (χ4v) is 2.24. The zero-order valence-electron chi connectivity index (χ0n) is 9.47. The van der Waals surface area contributed by atoms with Gasteiger partial charge in [-0.1, -0.05) is 11.8 Å². The molecule has 0 radical (unpaired) electrons. The standard InChI is InChI=1S/C10H13N3O3S2/c11-5-1-2-8-3-4-9(17-8)10(14)13-6-7-18(12,15)16/h3-4H,5-7,11H2,(H,13,14)(H2,12,15,16). The topological polar surface area (TPSA) is 115 Å².